The highest BCUT2D eigenvalue weighted by molar-refractivity contribution is 7.98. The first-order valence-corrected chi connectivity index (χ1v) is 12.7. The highest BCUT2D eigenvalue weighted by Crippen LogP contribution is 2.32. The van der Waals surface area contributed by atoms with E-state index in [1.807, 2.05) is 59.2 Å². The van der Waals surface area contributed by atoms with Crippen LogP contribution in [0.3, 0.4) is 0 Å². The number of thioether (sulfide) groups is 1. The van der Waals surface area contributed by atoms with E-state index >= 15 is 0 Å². The zero-order chi connectivity index (χ0) is 23.3. The van der Waals surface area contributed by atoms with Crippen molar-refractivity contribution in [3.05, 3.63) is 77.5 Å². The molecule has 1 fully saturated rings. The minimum absolute atomic E-state index is 0.180. The molecule has 2 heterocycles. The Morgan fingerprint density at radius 3 is 2.62 bits per heavy atom. The van der Waals surface area contributed by atoms with Gasteiger partial charge >= 0.3 is 0 Å². The molecule has 0 aliphatic heterocycles. The lowest BCUT2D eigenvalue weighted by Crippen LogP contribution is -2.36. The Kier molecular flexibility index (Phi) is 6.97. The average Bonchev–Trinajstić information content (AvgIpc) is 3.52. The zero-order valence-corrected chi connectivity index (χ0v) is 20.1. The van der Waals surface area contributed by atoms with E-state index < -0.39 is 0 Å². The number of amides is 1. The van der Waals surface area contributed by atoms with Gasteiger partial charge < -0.3 is 9.73 Å². The van der Waals surface area contributed by atoms with Crippen molar-refractivity contribution in [1.29, 1.82) is 0 Å². The molecular weight excluding hydrogens is 470 g/mol. The molecule has 4 aromatic rings. The fourth-order valence-electron chi connectivity index (χ4n) is 4.10. The molecule has 1 N–H and O–H groups in total. The Labute approximate surface area is 206 Å². The number of oxazole rings is 1. The highest BCUT2D eigenvalue weighted by Gasteiger charge is 2.21. The van der Waals surface area contributed by atoms with Gasteiger partial charge in [-0.15, -0.1) is 10.2 Å². The van der Waals surface area contributed by atoms with Crippen LogP contribution in [0.5, 0.6) is 0 Å². The minimum Gasteiger partial charge on any atom is -0.447 e. The first-order chi connectivity index (χ1) is 16.7. The Bertz CT molecular complexity index is 1270. The number of halogens is 1. The summed E-state index contributed by atoms with van der Waals surface area (Å²) in [5.74, 6) is 1.34. The van der Waals surface area contributed by atoms with E-state index in [0.29, 0.717) is 33.3 Å². The predicted molar refractivity (Wildman–Crippen MR) is 132 cm³/mol. The molecule has 1 aliphatic carbocycles. The first-order valence-electron chi connectivity index (χ1n) is 11.3. The van der Waals surface area contributed by atoms with Gasteiger partial charge in [-0.1, -0.05) is 73.0 Å². The maximum absolute atomic E-state index is 12.6. The van der Waals surface area contributed by atoms with Crippen LogP contribution in [0.2, 0.25) is 5.02 Å². The topological polar surface area (TPSA) is 85.8 Å². The maximum Gasteiger partial charge on any atom is 0.273 e. The third-order valence-electron chi connectivity index (χ3n) is 5.81. The smallest absolute Gasteiger partial charge is 0.273 e. The van der Waals surface area contributed by atoms with Crippen molar-refractivity contribution in [3.8, 4) is 17.1 Å². The number of hydrogen-bond acceptors (Lipinski definition) is 6. The molecule has 0 atom stereocenters. The third-order valence-corrected chi connectivity index (χ3v) is 7.06. The summed E-state index contributed by atoms with van der Waals surface area (Å²) in [6.45, 7) is 0. The maximum atomic E-state index is 12.6. The molecule has 0 spiro atoms. The summed E-state index contributed by atoms with van der Waals surface area (Å²) in [4.78, 5) is 16.9. The summed E-state index contributed by atoms with van der Waals surface area (Å²) >= 11 is 7.89. The van der Waals surface area contributed by atoms with Crippen LogP contribution >= 0.6 is 23.4 Å². The number of hydrogen-bond donors (Lipinski definition) is 1. The molecule has 2 aromatic carbocycles. The molecule has 5 rings (SSSR count). The predicted octanol–water partition coefficient (Wildman–Crippen LogP) is 5.93. The standard InChI is InChI=1S/C25H24ClN5O2S/c26-20-14-8-7-13-19(20)23-29-30-25(31(23)18-11-5-2-6-12-18)34-16-22-28-21(15-33-22)24(32)27-17-9-3-1-4-10-17/h2,5-8,11-15,17H,1,3-4,9-10,16H2,(H,27,32). The van der Waals surface area contributed by atoms with Crippen molar-refractivity contribution < 1.29 is 9.21 Å². The molecule has 0 unspecified atom stereocenters. The molecule has 34 heavy (non-hydrogen) atoms. The lowest BCUT2D eigenvalue weighted by Gasteiger charge is -2.22. The molecule has 0 bridgehead atoms. The van der Waals surface area contributed by atoms with E-state index in [1.54, 1.807) is 0 Å². The van der Waals surface area contributed by atoms with E-state index in [9.17, 15) is 4.79 Å². The second-order valence-electron chi connectivity index (χ2n) is 8.18. The van der Waals surface area contributed by atoms with Crippen molar-refractivity contribution in [3.63, 3.8) is 0 Å². The fraction of sp³-hybridized carbons (Fsp3) is 0.280. The number of rotatable bonds is 7. The third kappa shape index (κ3) is 5.03. The highest BCUT2D eigenvalue weighted by atomic mass is 35.5. The summed E-state index contributed by atoms with van der Waals surface area (Å²) in [6.07, 6.45) is 7.02. The summed E-state index contributed by atoms with van der Waals surface area (Å²) in [5.41, 5.74) is 2.03. The molecule has 7 nitrogen and oxygen atoms in total. The Morgan fingerprint density at radius 2 is 1.82 bits per heavy atom. The summed E-state index contributed by atoms with van der Waals surface area (Å²) < 4.78 is 7.55. The monoisotopic (exact) mass is 493 g/mol. The lowest BCUT2D eigenvalue weighted by atomic mass is 9.95. The number of para-hydroxylation sites is 1. The van der Waals surface area contributed by atoms with Crippen molar-refractivity contribution in [2.24, 2.45) is 0 Å². The molecule has 0 saturated heterocycles. The van der Waals surface area contributed by atoms with Crippen LogP contribution in [0.1, 0.15) is 48.5 Å². The van der Waals surface area contributed by atoms with Gasteiger partial charge in [0.2, 0.25) is 5.89 Å². The SMILES string of the molecule is O=C(NC1CCCCC1)c1coc(CSc2nnc(-c3ccccc3Cl)n2-c2ccccc2)n1. The zero-order valence-electron chi connectivity index (χ0n) is 18.5. The van der Waals surface area contributed by atoms with Gasteiger partial charge in [-0.05, 0) is 37.1 Å². The van der Waals surface area contributed by atoms with Crippen molar-refractivity contribution in [1.82, 2.24) is 25.1 Å². The van der Waals surface area contributed by atoms with Crippen molar-refractivity contribution in [2.45, 2.75) is 49.1 Å². The first kappa shape index (κ1) is 22.7. The van der Waals surface area contributed by atoms with E-state index in [0.717, 1.165) is 36.9 Å². The molecule has 1 saturated carbocycles. The molecule has 2 aromatic heterocycles. The normalized spacial score (nSPS) is 14.3. The van der Waals surface area contributed by atoms with E-state index in [-0.39, 0.29) is 11.9 Å². The molecule has 0 radical (unpaired) electrons. The van der Waals surface area contributed by atoms with Gasteiger partial charge in [-0.3, -0.25) is 9.36 Å². The van der Waals surface area contributed by atoms with Gasteiger partial charge in [0.15, 0.2) is 16.7 Å². The van der Waals surface area contributed by atoms with Gasteiger partial charge in [0.25, 0.3) is 5.91 Å². The van der Waals surface area contributed by atoms with Gasteiger partial charge in [0.05, 0.1) is 10.8 Å². The van der Waals surface area contributed by atoms with Crippen LogP contribution in [-0.4, -0.2) is 31.7 Å². The number of benzene rings is 2. The second-order valence-corrected chi connectivity index (χ2v) is 9.53. The largest absolute Gasteiger partial charge is 0.447 e. The van der Waals surface area contributed by atoms with E-state index in [2.05, 4.69) is 20.5 Å². The second kappa shape index (κ2) is 10.4. The van der Waals surface area contributed by atoms with Crippen LogP contribution in [0.4, 0.5) is 0 Å². The number of nitrogens with zero attached hydrogens (tertiary/aromatic N) is 4. The van der Waals surface area contributed by atoms with Gasteiger partial charge in [-0.2, -0.15) is 0 Å². The average molecular weight is 494 g/mol. The van der Waals surface area contributed by atoms with Crippen LogP contribution < -0.4 is 5.32 Å². The Hall–Kier alpha value is -3.10. The fourth-order valence-corrected chi connectivity index (χ4v) is 5.13. The van der Waals surface area contributed by atoms with Crippen LogP contribution in [0.25, 0.3) is 17.1 Å². The van der Waals surface area contributed by atoms with Gasteiger partial charge in [0.1, 0.15) is 6.26 Å². The van der Waals surface area contributed by atoms with E-state index in [1.165, 1.54) is 24.4 Å². The summed E-state index contributed by atoms with van der Waals surface area (Å²) in [6, 6.07) is 17.7. The van der Waals surface area contributed by atoms with Crippen molar-refractivity contribution in [2.75, 3.05) is 0 Å². The quantitative estimate of drug-likeness (QED) is 0.321. The summed E-state index contributed by atoms with van der Waals surface area (Å²) in [5, 5.41) is 13.2. The van der Waals surface area contributed by atoms with Crippen LogP contribution in [-0.2, 0) is 5.75 Å². The molecular formula is C25H24ClN5O2S. The lowest BCUT2D eigenvalue weighted by molar-refractivity contribution is 0.0922. The minimum atomic E-state index is -0.180. The van der Waals surface area contributed by atoms with Crippen molar-refractivity contribution >= 4 is 29.3 Å². The molecule has 1 aliphatic rings. The summed E-state index contributed by atoms with van der Waals surface area (Å²) in [7, 11) is 0. The molecule has 174 valence electrons. The number of carbonyl (C=O) groups is 1. The Morgan fingerprint density at radius 1 is 1.06 bits per heavy atom. The number of aromatic nitrogens is 4. The van der Waals surface area contributed by atoms with Gasteiger partial charge in [-0.25, -0.2) is 4.98 Å². The number of nitrogens with one attached hydrogen (secondary N) is 1. The van der Waals surface area contributed by atoms with Gasteiger partial charge in [0, 0.05) is 17.3 Å². The Balaban J connectivity index is 1.34. The molecule has 9 heteroatoms. The van der Waals surface area contributed by atoms with Crippen LogP contribution in [0, 0.1) is 0 Å². The molecule has 1 amide bonds. The number of carbonyl (C=O) groups excluding carboxylic acids is 1. The van der Waals surface area contributed by atoms with E-state index in [4.69, 9.17) is 16.0 Å². The van der Waals surface area contributed by atoms with Crippen LogP contribution in [0.15, 0.2) is 70.4 Å².